The predicted octanol–water partition coefficient (Wildman–Crippen LogP) is 2.81. The molecule has 0 radical (unpaired) electrons. The Labute approximate surface area is 139 Å². The molecule has 0 spiro atoms. The zero-order chi connectivity index (χ0) is 17.3. The molecule has 3 aromatic rings. The van der Waals surface area contributed by atoms with Crippen LogP contribution in [0.1, 0.15) is 12.0 Å². The second-order valence-corrected chi connectivity index (χ2v) is 5.66. The fraction of sp³-hybridized carbons (Fsp3) is 0.263. The molecular formula is C19H19NO4. The van der Waals surface area contributed by atoms with Crippen LogP contribution in [0.2, 0.25) is 0 Å². The van der Waals surface area contributed by atoms with E-state index in [0.29, 0.717) is 24.0 Å². The minimum absolute atomic E-state index is 0.0680. The molecule has 0 fully saturated rings. The van der Waals surface area contributed by atoms with Crippen LogP contribution in [-0.2, 0) is 23.0 Å². The predicted molar refractivity (Wildman–Crippen MR) is 93.6 cm³/mol. The highest BCUT2D eigenvalue weighted by molar-refractivity contribution is 6.07. The molecule has 3 rings (SSSR count). The van der Waals surface area contributed by atoms with E-state index in [1.807, 2.05) is 30.3 Å². The number of benzene rings is 2. The number of methoxy groups -OCH3 is 2. The van der Waals surface area contributed by atoms with Gasteiger partial charge in [0.05, 0.1) is 25.1 Å². The first-order chi connectivity index (χ1) is 11.6. The fourth-order valence-corrected chi connectivity index (χ4v) is 3.06. The molecule has 0 aliphatic carbocycles. The summed E-state index contributed by atoms with van der Waals surface area (Å²) in [5.74, 6) is 0.397. The highest BCUT2D eigenvalue weighted by Crippen LogP contribution is 2.29. The third-order valence-corrected chi connectivity index (χ3v) is 4.35. The molecule has 0 atom stereocenters. The minimum atomic E-state index is -0.247. The maximum absolute atomic E-state index is 12.7. The van der Waals surface area contributed by atoms with Crippen molar-refractivity contribution in [1.29, 1.82) is 0 Å². The number of aryl methyl sites for hydroxylation is 2. The van der Waals surface area contributed by atoms with E-state index >= 15 is 0 Å². The summed E-state index contributed by atoms with van der Waals surface area (Å²) in [4.78, 5) is 24.2. The summed E-state index contributed by atoms with van der Waals surface area (Å²) in [7, 11) is 4.72. The first-order valence-corrected chi connectivity index (χ1v) is 7.72. The quantitative estimate of drug-likeness (QED) is 0.547. The van der Waals surface area contributed by atoms with Crippen molar-refractivity contribution in [2.75, 3.05) is 14.2 Å². The number of hydrogen-bond acceptors (Lipinski definition) is 4. The summed E-state index contributed by atoms with van der Waals surface area (Å²) in [6.07, 6.45) is 0.861. The van der Waals surface area contributed by atoms with Crippen molar-refractivity contribution in [3.63, 3.8) is 0 Å². The Kier molecular flexibility index (Phi) is 4.25. The second kappa shape index (κ2) is 6.35. The van der Waals surface area contributed by atoms with E-state index in [1.54, 1.807) is 24.8 Å². The normalized spacial score (nSPS) is 11.0. The lowest BCUT2D eigenvalue weighted by Crippen LogP contribution is -2.18. The number of ether oxygens (including phenoxy) is 2. The maximum atomic E-state index is 12.7. The third-order valence-electron chi connectivity index (χ3n) is 4.35. The van der Waals surface area contributed by atoms with Crippen LogP contribution < -0.4 is 10.3 Å². The molecule has 0 aliphatic rings. The Morgan fingerprint density at radius 1 is 1.12 bits per heavy atom. The lowest BCUT2D eigenvalue weighted by molar-refractivity contribution is -0.140. The molecule has 0 aliphatic heterocycles. The molecular weight excluding hydrogens is 306 g/mol. The number of nitrogens with zero attached hydrogens (tertiary/aromatic N) is 1. The van der Waals surface area contributed by atoms with Gasteiger partial charge in [0.1, 0.15) is 5.75 Å². The Balaban J connectivity index is 2.31. The summed E-state index contributed by atoms with van der Waals surface area (Å²) in [5.41, 5.74) is 1.80. The monoisotopic (exact) mass is 325 g/mol. The Hall–Kier alpha value is -2.82. The average molecular weight is 325 g/mol. The van der Waals surface area contributed by atoms with E-state index in [2.05, 4.69) is 0 Å². The molecule has 124 valence electrons. The van der Waals surface area contributed by atoms with Crippen LogP contribution in [0.5, 0.6) is 5.75 Å². The number of carbonyl (C=O) groups excluding carboxylic acids is 1. The van der Waals surface area contributed by atoms with Crippen molar-refractivity contribution < 1.29 is 14.3 Å². The molecule has 0 saturated carbocycles. The summed E-state index contributed by atoms with van der Waals surface area (Å²) in [5, 5.41) is 2.46. The zero-order valence-electron chi connectivity index (χ0n) is 14.0. The number of carbonyl (C=O) groups is 1. The maximum Gasteiger partial charge on any atom is 0.305 e. The molecule has 1 aromatic heterocycles. The second-order valence-electron chi connectivity index (χ2n) is 5.66. The first-order valence-electron chi connectivity index (χ1n) is 7.72. The van der Waals surface area contributed by atoms with Crippen LogP contribution in [0.3, 0.4) is 0 Å². The molecule has 5 heteroatoms. The largest absolute Gasteiger partial charge is 0.497 e. The molecule has 0 amide bonds. The number of fused-ring (bicyclic) bond motifs is 3. The molecule has 0 N–H and O–H groups in total. The summed E-state index contributed by atoms with van der Waals surface area (Å²) < 4.78 is 11.6. The van der Waals surface area contributed by atoms with E-state index in [-0.39, 0.29) is 11.5 Å². The molecule has 1 heterocycles. The van der Waals surface area contributed by atoms with Gasteiger partial charge < -0.3 is 14.0 Å². The molecule has 0 saturated heterocycles. The SMILES string of the molecule is COC(=O)CCc1cccc2c1c1ccc(OC)cc1c(=O)n2C. The van der Waals surface area contributed by atoms with Crippen molar-refractivity contribution in [2.24, 2.45) is 7.05 Å². The van der Waals surface area contributed by atoms with Crippen molar-refractivity contribution in [2.45, 2.75) is 12.8 Å². The van der Waals surface area contributed by atoms with Gasteiger partial charge in [-0.3, -0.25) is 9.59 Å². The Morgan fingerprint density at radius 2 is 1.92 bits per heavy atom. The van der Waals surface area contributed by atoms with Crippen molar-refractivity contribution in [3.8, 4) is 5.75 Å². The molecule has 5 nitrogen and oxygen atoms in total. The highest BCUT2D eigenvalue weighted by atomic mass is 16.5. The smallest absolute Gasteiger partial charge is 0.305 e. The van der Waals surface area contributed by atoms with E-state index in [4.69, 9.17) is 9.47 Å². The molecule has 0 bridgehead atoms. The van der Waals surface area contributed by atoms with Gasteiger partial charge in [-0.05, 0) is 41.6 Å². The van der Waals surface area contributed by atoms with Crippen LogP contribution in [0.4, 0.5) is 0 Å². The minimum Gasteiger partial charge on any atom is -0.497 e. The van der Waals surface area contributed by atoms with Crippen molar-refractivity contribution in [3.05, 3.63) is 52.3 Å². The van der Waals surface area contributed by atoms with Gasteiger partial charge in [0.2, 0.25) is 0 Å². The molecule has 0 unspecified atom stereocenters. The van der Waals surface area contributed by atoms with Gasteiger partial charge in [0, 0.05) is 18.9 Å². The van der Waals surface area contributed by atoms with Crippen molar-refractivity contribution >= 4 is 27.6 Å². The number of esters is 1. The fourth-order valence-electron chi connectivity index (χ4n) is 3.06. The number of pyridine rings is 1. The van der Waals surface area contributed by atoms with Crippen LogP contribution in [0, 0.1) is 0 Å². The topological polar surface area (TPSA) is 57.5 Å². The Morgan fingerprint density at radius 3 is 2.62 bits per heavy atom. The van der Waals surface area contributed by atoms with Gasteiger partial charge in [0.15, 0.2) is 0 Å². The zero-order valence-corrected chi connectivity index (χ0v) is 14.0. The van der Waals surface area contributed by atoms with Gasteiger partial charge in [-0.25, -0.2) is 0 Å². The van der Waals surface area contributed by atoms with Gasteiger partial charge in [-0.1, -0.05) is 12.1 Å². The van der Waals surface area contributed by atoms with Crippen LogP contribution in [0.15, 0.2) is 41.2 Å². The summed E-state index contributed by atoms with van der Waals surface area (Å²) in [6, 6.07) is 11.3. The van der Waals surface area contributed by atoms with Gasteiger partial charge >= 0.3 is 5.97 Å². The van der Waals surface area contributed by atoms with E-state index in [0.717, 1.165) is 21.9 Å². The van der Waals surface area contributed by atoms with Crippen LogP contribution in [-0.4, -0.2) is 24.8 Å². The standard InChI is InChI=1S/C19H19NO4/c1-20-16-6-4-5-12(7-10-17(21)24-3)18(16)14-9-8-13(23-2)11-15(14)19(20)22/h4-6,8-9,11H,7,10H2,1-3H3. The number of rotatable bonds is 4. The number of hydrogen-bond donors (Lipinski definition) is 0. The summed E-state index contributed by atoms with van der Waals surface area (Å²) in [6.45, 7) is 0. The lowest BCUT2D eigenvalue weighted by Gasteiger charge is -2.13. The molecule has 24 heavy (non-hydrogen) atoms. The highest BCUT2D eigenvalue weighted by Gasteiger charge is 2.13. The summed E-state index contributed by atoms with van der Waals surface area (Å²) >= 11 is 0. The van der Waals surface area contributed by atoms with E-state index < -0.39 is 0 Å². The van der Waals surface area contributed by atoms with Gasteiger partial charge in [-0.15, -0.1) is 0 Å². The number of aromatic nitrogens is 1. The van der Waals surface area contributed by atoms with Gasteiger partial charge in [0.25, 0.3) is 5.56 Å². The lowest BCUT2D eigenvalue weighted by atomic mass is 9.98. The van der Waals surface area contributed by atoms with Crippen LogP contribution >= 0.6 is 0 Å². The average Bonchev–Trinajstić information content (AvgIpc) is 2.63. The Bertz CT molecular complexity index is 988. The van der Waals surface area contributed by atoms with Crippen molar-refractivity contribution in [1.82, 2.24) is 4.57 Å². The van der Waals surface area contributed by atoms with Crippen LogP contribution in [0.25, 0.3) is 21.7 Å². The first kappa shape index (κ1) is 16.1. The van der Waals surface area contributed by atoms with E-state index in [9.17, 15) is 9.59 Å². The third kappa shape index (κ3) is 2.62. The molecule has 2 aromatic carbocycles. The van der Waals surface area contributed by atoms with E-state index in [1.165, 1.54) is 7.11 Å². The van der Waals surface area contributed by atoms with Gasteiger partial charge in [-0.2, -0.15) is 0 Å².